The van der Waals surface area contributed by atoms with E-state index in [2.05, 4.69) is 6.58 Å². The molecule has 1 aromatic rings. The number of benzene rings is 1. The van der Waals surface area contributed by atoms with Crippen molar-refractivity contribution in [2.45, 2.75) is 13.0 Å². The Balaban J connectivity index is 2.36. The molecule has 1 aromatic carbocycles. The van der Waals surface area contributed by atoms with E-state index in [1.165, 1.54) is 6.08 Å². The minimum atomic E-state index is -0.865. The second-order valence-corrected chi connectivity index (χ2v) is 3.96. The van der Waals surface area contributed by atoms with Crippen molar-refractivity contribution in [1.82, 2.24) is 0 Å². The van der Waals surface area contributed by atoms with Gasteiger partial charge in [-0.15, -0.1) is 6.58 Å². The fourth-order valence-corrected chi connectivity index (χ4v) is 1.35. The van der Waals surface area contributed by atoms with Crippen LogP contribution in [-0.4, -0.2) is 23.8 Å². The number of ether oxygens (including phenoxy) is 1. The molecule has 0 aromatic heterocycles. The third-order valence-electron chi connectivity index (χ3n) is 2.56. The zero-order valence-electron chi connectivity index (χ0n) is 10.5. The molecule has 1 N–H and O–H groups in total. The first-order chi connectivity index (χ1) is 8.65. The van der Waals surface area contributed by atoms with Gasteiger partial charge < -0.3 is 9.84 Å². The second kappa shape index (κ2) is 7.45. The number of aliphatic hydroxyl groups excluding tert-OH is 1. The molecule has 2 atom stereocenters. The van der Waals surface area contributed by atoms with Crippen LogP contribution in [0.4, 0.5) is 0 Å². The van der Waals surface area contributed by atoms with Gasteiger partial charge in [0.2, 0.25) is 0 Å². The van der Waals surface area contributed by atoms with Crippen LogP contribution in [0.3, 0.4) is 0 Å². The lowest BCUT2D eigenvalue weighted by Gasteiger charge is -2.13. The minimum Gasteiger partial charge on any atom is -0.461 e. The van der Waals surface area contributed by atoms with Gasteiger partial charge in [0.25, 0.3) is 0 Å². The summed E-state index contributed by atoms with van der Waals surface area (Å²) >= 11 is 0. The summed E-state index contributed by atoms with van der Waals surface area (Å²) in [6, 6.07) is 9.74. The van der Waals surface area contributed by atoms with Crippen molar-refractivity contribution in [2.75, 3.05) is 6.61 Å². The van der Waals surface area contributed by atoms with Crippen LogP contribution in [0.2, 0.25) is 0 Å². The second-order valence-electron chi connectivity index (χ2n) is 3.96. The van der Waals surface area contributed by atoms with Crippen molar-refractivity contribution in [3.63, 3.8) is 0 Å². The smallest absolute Gasteiger partial charge is 0.311 e. The van der Waals surface area contributed by atoms with E-state index in [1.807, 2.05) is 36.4 Å². The molecule has 3 heteroatoms. The topological polar surface area (TPSA) is 46.5 Å². The molecule has 0 aliphatic heterocycles. The van der Waals surface area contributed by atoms with Gasteiger partial charge in [0, 0.05) is 0 Å². The summed E-state index contributed by atoms with van der Waals surface area (Å²) in [6.07, 6.45) is 4.10. The van der Waals surface area contributed by atoms with Crippen LogP contribution in [0, 0.1) is 5.92 Å². The third-order valence-corrected chi connectivity index (χ3v) is 2.56. The lowest BCUT2D eigenvalue weighted by Crippen LogP contribution is -2.25. The van der Waals surface area contributed by atoms with Crippen molar-refractivity contribution in [3.05, 3.63) is 54.6 Å². The zero-order chi connectivity index (χ0) is 13.4. The summed E-state index contributed by atoms with van der Waals surface area (Å²) in [5.74, 6) is -1.02. The molecule has 0 saturated heterocycles. The maximum atomic E-state index is 11.5. The molecule has 0 bridgehead atoms. The van der Waals surface area contributed by atoms with E-state index >= 15 is 0 Å². The van der Waals surface area contributed by atoms with Crippen molar-refractivity contribution in [3.8, 4) is 0 Å². The molecule has 0 unspecified atom stereocenters. The summed E-state index contributed by atoms with van der Waals surface area (Å²) < 4.78 is 5.01. The maximum absolute atomic E-state index is 11.5. The van der Waals surface area contributed by atoms with E-state index in [1.54, 1.807) is 13.0 Å². The number of rotatable bonds is 6. The molecule has 1 rings (SSSR count). The first-order valence-electron chi connectivity index (χ1n) is 5.84. The van der Waals surface area contributed by atoms with Gasteiger partial charge in [-0.1, -0.05) is 42.5 Å². The van der Waals surface area contributed by atoms with Gasteiger partial charge >= 0.3 is 5.97 Å². The van der Waals surface area contributed by atoms with E-state index in [4.69, 9.17) is 4.74 Å². The summed E-state index contributed by atoms with van der Waals surface area (Å²) in [5, 5.41) is 9.39. The van der Waals surface area contributed by atoms with Crippen LogP contribution >= 0.6 is 0 Å². The van der Waals surface area contributed by atoms with Gasteiger partial charge in [-0.2, -0.15) is 0 Å². The number of carbonyl (C=O) groups excluding carboxylic acids is 1. The molecular formula is C15H18O3. The van der Waals surface area contributed by atoms with Gasteiger partial charge in [0.05, 0.1) is 12.0 Å². The molecule has 0 fully saturated rings. The van der Waals surface area contributed by atoms with Crippen LogP contribution in [0.5, 0.6) is 0 Å². The average molecular weight is 246 g/mol. The summed E-state index contributed by atoms with van der Waals surface area (Å²) in [4.78, 5) is 11.5. The van der Waals surface area contributed by atoms with Crippen LogP contribution in [0.25, 0.3) is 6.08 Å². The van der Waals surface area contributed by atoms with E-state index in [9.17, 15) is 9.90 Å². The number of hydrogen-bond donors (Lipinski definition) is 1. The highest BCUT2D eigenvalue weighted by molar-refractivity contribution is 5.73. The number of carbonyl (C=O) groups is 1. The normalized spacial score (nSPS) is 14.1. The standard InChI is InChI=1S/C15H18O3/c1-3-14(16)12(2)15(17)18-11-7-10-13-8-5-4-6-9-13/h3-10,12,14,16H,1,11H2,2H3/b10-7+/t12-,14+/m1/s1. The Morgan fingerprint density at radius 2 is 2.11 bits per heavy atom. The van der Waals surface area contributed by atoms with Crippen molar-refractivity contribution in [2.24, 2.45) is 5.92 Å². The fourth-order valence-electron chi connectivity index (χ4n) is 1.35. The Bertz CT molecular complexity index is 409. The maximum Gasteiger partial charge on any atom is 0.311 e. The van der Waals surface area contributed by atoms with Crippen LogP contribution in [0.1, 0.15) is 12.5 Å². The highest BCUT2D eigenvalue weighted by atomic mass is 16.5. The molecule has 0 radical (unpaired) electrons. The molecule has 0 spiro atoms. The first-order valence-corrected chi connectivity index (χ1v) is 5.84. The van der Waals surface area contributed by atoms with Gasteiger partial charge in [0.15, 0.2) is 0 Å². The summed E-state index contributed by atoms with van der Waals surface area (Å²) in [7, 11) is 0. The molecule has 0 aliphatic carbocycles. The fraction of sp³-hybridized carbons (Fsp3) is 0.267. The van der Waals surface area contributed by atoms with Gasteiger partial charge in [-0.3, -0.25) is 4.79 Å². The first kappa shape index (κ1) is 14.2. The minimum absolute atomic E-state index is 0.196. The SMILES string of the molecule is C=C[C@H](O)[C@@H](C)C(=O)OC/C=C/c1ccccc1. The number of hydrogen-bond acceptors (Lipinski definition) is 3. The van der Waals surface area contributed by atoms with E-state index in [0.717, 1.165) is 5.56 Å². The Morgan fingerprint density at radius 3 is 2.72 bits per heavy atom. The van der Waals surface area contributed by atoms with Crippen molar-refractivity contribution >= 4 is 12.0 Å². The Kier molecular flexibility index (Phi) is 5.88. The monoisotopic (exact) mass is 246 g/mol. The van der Waals surface area contributed by atoms with Crippen molar-refractivity contribution < 1.29 is 14.6 Å². The molecule has 0 heterocycles. The quantitative estimate of drug-likeness (QED) is 0.619. The largest absolute Gasteiger partial charge is 0.461 e. The van der Waals surface area contributed by atoms with E-state index in [-0.39, 0.29) is 6.61 Å². The van der Waals surface area contributed by atoms with Gasteiger partial charge in [-0.05, 0) is 18.6 Å². The average Bonchev–Trinajstić information content (AvgIpc) is 2.42. The Labute approximate surface area is 107 Å². The molecule has 0 amide bonds. The highest BCUT2D eigenvalue weighted by Crippen LogP contribution is 2.06. The predicted octanol–water partition coefficient (Wildman–Crippen LogP) is 2.43. The zero-order valence-corrected chi connectivity index (χ0v) is 10.5. The van der Waals surface area contributed by atoms with Crippen LogP contribution < -0.4 is 0 Å². The number of esters is 1. The lowest BCUT2D eigenvalue weighted by atomic mass is 10.1. The van der Waals surface area contributed by atoms with Crippen LogP contribution in [0.15, 0.2) is 49.1 Å². The van der Waals surface area contributed by atoms with Gasteiger partial charge in [0.1, 0.15) is 6.61 Å². The molecular weight excluding hydrogens is 228 g/mol. The van der Waals surface area contributed by atoms with Crippen molar-refractivity contribution in [1.29, 1.82) is 0 Å². The molecule has 0 aliphatic rings. The third kappa shape index (κ3) is 4.55. The molecule has 3 nitrogen and oxygen atoms in total. The lowest BCUT2D eigenvalue weighted by molar-refractivity contribution is -0.149. The summed E-state index contributed by atoms with van der Waals surface area (Å²) in [5.41, 5.74) is 1.05. The Morgan fingerprint density at radius 1 is 1.44 bits per heavy atom. The van der Waals surface area contributed by atoms with Crippen LogP contribution in [-0.2, 0) is 9.53 Å². The van der Waals surface area contributed by atoms with E-state index in [0.29, 0.717) is 0 Å². The predicted molar refractivity (Wildman–Crippen MR) is 71.8 cm³/mol. The molecule has 96 valence electrons. The Hall–Kier alpha value is -1.87. The van der Waals surface area contributed by atoms with Gasteiger partial charge in [-0.25, -0.2) is 0 Å². The molecule has 18 heavy (non-hydrogen) atoms. The number of aliphatic hydroxyl groups is 1. The summed E-state index contributed by atoms with van der Waals surface area (Å²) in [6.45, 7) is 5.23. The van der Waals surface area contributed by atoms with E-state index < -0.39 is 18.0 Å². The molecule has 0 saturated carbocycles. The highest BCUT2D eigenvalue weighted by Gasteiger charge is 2.20.